The highest BCUT2D eigenvalue weighted by Crippen LogP contribution is 2.18. The van der Waals surface area contributed by atoms with Crippen molar-refractivity contribution in [2.75, 3.05) is 0 Å². The van der Waals surface area contributed by atoms with Gasteiger partial charge in [-0.15, -0.1) is 0 Å². The molecule has 1 rings (SSSR count). The number of nitro groups is 1. The van der Waals surface area contributed by atoms with Crippen LogP contribution in [0.4, 0.5) is 5.82 Å². The third-order valence-corrected chi connectivity index (χ3v) is 2.35. The molecule has 0 spiro atoms. The fraction of sp³-hybridized carbons (Fsp3) is 0. The largest absolute Gasteiger partial charge is 0.376 e. The first-order chi connectivity index (χ1) is 5.11. The third-order valence-electron chi connectivity index (χ3n) is 0.961. The van der Waals surface area contributed by atoms with Crippen LogP contribution >= 0.6 is 45.2 Å². The predicted octanol–water partition coefficient (Wildman–Crippen LogP) is 2.20. The van der Waals surface area contributed by atoms with E-state index in [1.165, 1.54) is 6.20 Å². The second kappa shape index (κ2) is 3.61. The van der Waals surface area contributed by atoms with E-state index in [2.05, 4.69) is 27.6 Å². The van der Waals surface area contributed by atoms with Gasteiger partial charge in [0.1, 0.15) is 3.57 Å². The number of halogens is 2. The maximum atomic E-state index is 10.3. The summed E-state index contributed by atoms with van der Waals surface area (Å²) < 4.78 is 1.47. The maximum Gasteiger partial charge on any atom is 0.376 e. The van der Waals surface area contributed by atoms with Crippen LogP contribution in [0.2, 0.25) is 0 Å². The molecule has 0 saturated heterocycles. The van der Waals surface area contributed by atoms with Crippen LogP contribution < -0.4 is 0 Å². The molecule has 58 valence electrons. The molecule has 0 saturated carbocycles. The standard InChI is InChI=1S/C5H2I2N2O2/c6-3-1-4(7)5(8-2-3)9(10)11/h1-2H. The summed E-state index contributed by atoms with van der Waals surface area (Å²) in [6.07, 6.45) is 1.47. The normalized spacial score (nSPS) is 9.64. The SMILES string of the molecule is O=[N+]([O-])c1ncc(I)cc1I. The minimum absolute atomic E-state index is 0.0778. The van der Waals surface area contributed by atoms with Crippen molar-refractivity contribution in [2.24, 2.45) is 0 Å². The lowest BCUT2D eigenvalue weighted by atomic mass is 10.5. The molecule has 1 heterocycles. The molecule has 0 aliphatic carbocycles. The maximum absolute atomic E-state index is 10.3. The van der Waals surface area contributed by atoms with Crippen LogP contribution in [0.3, 0.4) is 0 Å². The van der Waals surface area contributed by atoms with Crippen molar-refractivity contribution in [1.29, 1.82) is 0 Å². The number of pyridine rings is 1. The van der Waals surface area contributed by atoms with Crippen molar-refractivity contribution >= 4 is 51.0 Å². The molecule has 0 N–H and O–H groups in total. The van der Waals surface area contributed by atoms with E-state index in [0.29, 0.717) is 3.57 Å². The number of hydrogen-bond acceptors (Lipinski definition) is 3. The van der Waals surface area contributed by atoms with Crippen molar-refractivity contribution in [3.63, 3.8) is 0 Å². The van der Waals surface area contributed by atoms with E-state index in [1.807, 2.05) is 22.6 Å². The van der Waals surface area contributed by atoms with Crippen LogP contribution in [-0.4, -0.2) is 9.91 Å². The topological polar surface area (TPSA) is 56.0 Å². The third kappa shape index (κ3) is 2.22. The number of nitrogens with zero attached hydrogens (tertiary/aromatic N) is 2. The first kappa shape index (κ1) is 9.10. The van der Waals surface area contributed by atoms with Crippen LogP contribution in [0, 0.1) is 17.3 Å². The first-order valence-corrected chi connectivity index (χ1v) is 4.72. The van der Waals surface area contributed by atoms with Crippen LogP contribution in [0.15, 0.2) is 12.3 Å². The van der Waals surface area contributed by atoms with E-state index in [9.17, 15) is 10.1 Å². The van der Waals surface area contributed by atoms with Gasteiger partial charge < -0.3 is 10.1 Å². The Balaban J connectivity index is 3.20. The lowest BCUT2D eigenvalue weighted by molar-refractivity contribution is -0.390. The molecule has 0 aliphatic rings. The Hall–Kier alpha value is 0.0100. The van der Waals surface area contributed by atoms with Gasteiger partial charge in [-0.2, -0.15) is 0 Å². The molecule has 1 aromatic heterocycles. The van der Waals surface area contributed by atoms with E-state index >= 15 is 0 Å². The molecule has 0 amide bonds. The summed E-state index contributed by atoms with van der Waals surface area (Å²) >= 11 is 3.95. The summed E-state index contributed by atoms with van der Waals surface area (Å²) in [5.74, 6) is -0.0778. The summed E-state index contributed by atoms with van der Waals surface area (Å²) in [6.45, 7) is 0. The van der Waals surface area contributed by atoms with Gasteiger partial charge in [0.2, 0.25) is 0 Å². The van der Waals surface area contributed by atoms with E-state index < -0.39 is 4.92 Å². The Morgan fingerprint density at radius 2 is 2.18 bits per heavy atom. The summed E-state index contributed by atoms with van der Waals surface area (Å²) in [7, 11) is 0. The highest BCUT2D eigenvalue weighted by molar-refractivity contribution is 14.1. The molecule has 0 atom stereocenters. The van der Waals surface area contributed by atoms with E-state index in [-0.39, 0.29) is 5.82 Å². The second-order valence-electron chi connectivity index (χ2n) is 1.72. The van der Waals surface area contributed by atoms with Crippen molar-refractivity contribution in [3.05, 3.63) is 29.5 Å². The zero-order valence-corrected chi connectivity index (χ0v) is 9.44. The van der Waals surface area contributed by atoms with Gasteiger partial charge in [-0.3, -0.25) is 0 Å². The second-order valence-corrected chi connectivity index (χ2v) is 4.12. The van der Waals surface area contributed by atoms with Crippen LogP contribution in [-0.2, 0) is 0 Å². The molecule has 6 heteroatoms. The Bertz CT molecular complexity index is 303. The molecular formula is C5H2I2N2O2. The highest BCUT2D eigenvalue weighted by atomic mass is 127. The van der Waals surface area contributed by atoms with Gasteiger partial charge in [0.25, 0.3) is 0 Å². The molecule has 1 aromatic rings. The van der Waals surface area contributed by atoms with Crippen LogP contribution in [0.25, 0.3) is 0 Å². The lowest BCUT2D eigenvalue weighted by Crippen LogP contribution is -1.95. The molecular weight excluding hydrogens is 374 g/mol. The number of aromatic nitrogens is 1. The van der Waals surface area contributed by atoms with Crippen LogP contribution in [0.1, 0.15) is 0 Å². The monoisotopic (exact) mass is 376 g/mol. The minimum Gasteiger partial charge on any atom is -0.358 e. The molecule has 4 nitrogen and oxygen atoms in total. The highest BCUT2D eigenvalue weighted by Gasteiger charge is 2.12. The molecule has 11 heavy (non-hydrogen) atoms. The summed E-state index contributed by atoms with van der Waals surface area (Å²) in [4.78, 5) is 13.4. The smallest absolute Gasteiger partial charge is 0.358 e. The summed E-state index contributed by atoms with van der Waals surface area (Å²) in [5.41, 5.74) is 0. The van der Waals surface area contributed by atoms with Gasteiger partial charge in [0.15, 0.2) is 6.20 Å². The average Bonchev–Trinajstić information content (AvgIpc) is 1.85. The van der Waals surface area contributed by atoms with Gasteiger partial charge in [0.05, 0.1) is 3.57 Å². The lowest BCUT2D eigenvalue weighted by Gasteiger charge is -1.93. The Morgan fingerprint density at radius 1 is 1.55 bits per heavy atom. The quantitative estimate of drug-likeness (QED) is 0.429. The van der Waals surface area contributed by atoms with Gasteiger partial charge in [-0.05, 0) is 61.2 Å². The Kier molecular flexibility index (Phi) is 2.98. The zero-order chi connectivity index (χ0) is 8.43. The molecule has 0 radical (unpaired) electrons. The molecule has 0 unspecified atom stereocenters. The fourth-order valence-electron chi connectivity index (χ4n) is 0.542. The fourth-order valence-corrected chi connectivity index (χ4v) is 2.26. The van der Waals surface area contributed by atoms with Gasteiger partial charge in [-0.1, -0.05) is 0 Å². The first-order valence-electron chi connectivity index (χ1n) is 2.56. The Labute approximate surface area is 89.8 Å². The molecule has 0 fully saturated rings. The van der Waals surface area contributed by atoms with Gasteiger partial charge >= 0.3 is 5.82 Å². The van der Waals surface area contributed by atoms with Crippen molar-refractivity contribution in [1.82, 2.24) is 4.98 Å². The zero-order valence-electron chi connectivity index (χ0n) is 5.12. The van der Waals surface area contributed by atoms with E-state index in [4.69, 9.17) is 0 Å². The average molecular weight is 376 g/mol. The van der Waals surface area contributed by atoms with Crippen molar-refractivity contribution in [2.45, 2.75) is 0 Å². The van der Waals surface area contributed by atoms with Gasteiger partial charge in [0, 0.05) is 0 Å². The van der Waals surface area contributed by atoms with Crippen molar-refractivity contribution < 1.29 is 4.92 Å². The van der Waals surface area contributed by atoms with Crippen LogP contribution in [0.5, 0.6) is 0 Å². The minimum atomic E-state index is -0.488. The molecule has 0 aromatic carbocycles. The molecule has 0 aliphatic heterocycles. The van der Waals surface area contributed by atoms with E-state index in [1.54, 1.807) is 6.07 Å². The van der Waals surface area contributed by atoms with Crippen molar-refractivity contribution in [3.8, 4) is 0 Å². The molecule has 0 bridgehead atoms. The van der Waals surface area contributed by atoms with E-state index in [0.717, 1.165) is 3.57 Å². The number of rotatable bonds is 1. The predicted molar refractivity (Wildman–Crippen MR) is 56.3 cm³/mol. The van der Waals surface area contributed by atoms with Gasteiger partial charge in [-0.25, -0.2) is 0 Å². The summed E-state index contributed by atoms with van der Waals surface area (Å²) in [6, 6.07) is 1.71. The number of hydrogen-bond donors (Lipinski definition) is 0. The Morgan fingerprint density at radius 3 is 2.64 bits per heavy atom. The summed E-state index contributed by atoms with van der Waals surface area (Å²) in [5, 5.41) is 10.3.